The smallest absolute Gasteiger partial charge is 0.399 e. The Balaban J connectivity index is 1.40. The zero-order valence-corrected chi connectivity index (χ0v) is 23.6. The normalized spacial score (nSPS) is 41.7. The van der Waals surface area contributed by atoms with E-state index in [0.717, 1.165) is 38.5 Å². The molecule has 0 bridgehead atoms. The van der Waals surface area contributed by atoms with Gasteiger partial charge in [0, 0.05) is 6.42 Å². The molecule has 0 aromatic rings. The molecule has 0 saturated heterocycles. The zero-order valence-electron chi connectivity index (χ0n) is 22.8. The van der Waals surface area contributed by atoms with Crippen LogP contribution in [-0.2, 0) is 19.6 Å². The number of esters is 1. The largest absolute Gasteiger partial charge is 0.743 e. The van der Waals surface area contributed by atoms with Crippen LogP contribution in [0.1, 0.15) is 85.0 Å². The first kappa shape index (κ1) is 31.0. The van der Waals surface area contributed by atoms with Crippen LogP contribution in [0.2, 0.25) is 0 Å². The highest BCUT2D eigenvalue weighted by atomic mass is 32.2. The standard InChI is InChI=1S/C27H42F4O7S/c1-15(7-10-22(34)38-14-26(28,29)27(30,31)39(35,36)37)17-8-9-18-23-19(13-21(33)25(17,18)3)24(2)11-5-4-6-16(24)12-20(23)32/h15-21,23,32-33H,4-14H2,1-3H3,(H,35,36,37)/p-1/t15-,16+,17-,18+,19+,20-,21+,23+,24+,25-/m1/s1. The Kier molecular flexibility index (Phi) is 8.24. The molecule has 0 amide bonds. The third-order valence-electron chi connectivity index (χ3n) is 11.4. The van der Waals surface area contributed by atoms with E-state index in [2.05, 4.69) is 18.6 Å². The van der Waals surface area contributed by atoms with Gasteiger partial charge >= 0.3 is 17.1 Å². The van der Waals surface area contributed by atoms with Crippen LogP contribution in [0.3, 0.4) is 0 Å². The van der Waals surface area contributed by atoms with Gasteiger partial charge in [-0.15, -0.1) is 0 Å². The lowest BCUT2D eigenvalue weighted by Gasteiger charge is -2.63. The topological polar surface area (TPSA) is 124 Å². The number of alkyl halides is 4. The van der Waals surface area contributed by atoms with Gasteiger partial charge in [0.25, 0.3) is 0 Å². The van der Waals surface area contributed by atoms with Crippen molar-refractivity contribution in [3.05, 3.63) is 0 Å². The van der Waals surface area contributed by atoms with E-state index in [1.807, 2.05) is 6.92 Å². The summed E-state index contributed by atoms with van der Waals surface area (Å²) < 4.78 is 89.6. The van der Waals surface area contributed by atoms with Gasteiger partial charge in [0.1, 0.15) is 0 Å². The highest BCUT2D eigenvalue weighted by Crippen LogP contribution is 2.68. The van der Waals surface area contributed by atoms with Gasteiger partial charge in [-0.25, -0.2) is 8.42 Å². The van der Waals surface area contributed by atoms with E-state index in [-0.39, 0.29) is 47.8 Å². The predicted molar refractivity (Wildman–Crippen MR) is 132 cm³/mol. The van der Waals surface area contributed by atoms with Gasteiger partial charge in [-0.1, -0.05) is 33.6 Å². The van der Waals surface area contributed by atoms with Crippen molar-refractivity contribution in [1.82, 2.24) is 0 Å². The van der Waals surface area contributed by atoms with E-state index in [1.165, 1.54) is 6.42 Å². The van der Waals surface area contributed by atoms with E-state index < -0.39 is 51.5 Å². The van der Waals surface area contributed by atoms with Crippen LogP contribution in [0.4, 0.5) is 17.6 Å². The molecule has 7 nitrogen and oxygen atoms in total. The first-order chi connectivity index (χ1) is 17.9. The Morgan fingerprint density at radius 2 is 1.74 bits per heavy atom. The lowest BCUT2D eigenvalue weighted by atomic mass is 9.43. The van der Waals surface area contributed by atoms with Gasteiger partial charge in [-0.2, -0.15) is 17.6 Å². The van der Waals surface area contributed by atoms with Crippen molar-refractivity contribution >= 4 is 16.1 Å². The molecule has 2 N–H and O–H groups in total. The number of carbonyl (C=O) groups excluding carboxylic acids is 1. The number of aliphatic hydroxyl groups is 2. The second-order valence-corrected chi connectivity index (χ2v) is 14.6. The second kappa shape index (κ2) is 10.4. The van der Waals surface area contributed by atoms with E-state index >= 15 is 0 Å². The van der Waals surface area contributed by atoms with Crippen molar-refractivity contribution in [2.24, 2.45) is 46.3 Å². The maximum Gasteiger partial charge on any atom is 0.399 e. The number of rotatable bonds is 8. The Morgan fingerprint density at radius 1 is 1.08 bits per heavy atom. The molecule has 10 atom stereocenters. The molecule has 0 aliphatic heterocycles. The minimum atomic E-state index is -6.66. The van der Waals surface area contributed by atoms with Crippen LogP contribution in [0, 0.1) is 46.3 Å². The van der Waals surface area contributed by atoms with Gasteiger partial charge in [0.2, 0.25) is 0 Å². The van der Waals surface area contributed by atoms with Crippen molar-refractivity contribution in [2.75, 3.05) is 6.61 Å². The fraction of sp³-hybridized carbons (Fsp3) is 0.963. The summed E-state index contributed by atoms with van der Waals surface area (Å²) in [5.74, 6) is -5.82. The number of halogens is 4. The Bertz CT molecular complexity index is 1040. The van der Waals surface area contributed by atoms with E-state index in [1.54, 1.807) is 0 Å². The summed E-state index contributed by atoms with van der Waals surface area (Å²) in [5.41, 5.74) is -0.400. The average Bonchev–Trinajstić information content (AvgIpc) is 3.20. The summed E-state index contributed by atoms with van der Waals surface area (Å²) in [7, 11) is -6.66. The molecule has 0 heterocycles. The van der Waals surface area contributed by atoms with Crippen molar-refractivity contribution < 1.29 is 50.3 Å². The highest BCUT2D eigenvalue weighted by molar-refractivity contribution is 7.86. The fourth-order valence-corrected chi connectivity index (χ4v) is 9.67. The van der Waals surface area contributed by atoms with Crippen molar-refractivity contribution in [1.29, 1.82) is 0 Å². The second-order valence-electron chi connectivity index (χ2n) is 13.2. The molecule has 39 heavy (non-hydrogen) atoms. The van der Waals surface area contributed by atoms with Crippen molar-refractivity contribution in [3.8, 4) is 0 Å². The minimum absolute atomic E-state index is 0.00767. The first-order valence-corrected chi connectivity index (χ1v) is 15.5. The molecule has 226 valence electrons. The molecule has 4 aliphatic rings. The summed E-state index contributed by atoms with van der Waals surface area (Å²) in [6.07, 6.45) is 6.36. The molecule has 4 rings (SSSR count). The summed E-state index contributed by atoms with van der Waals surface area (Å²) in [5, 5.41) is 17.0. The number of hydrogen-bond donors (Lipinski definition) is 2. The summed E-state index contributed by atoms with van der Waals surface area (Å²) in [6.45, 7) is 4.06. The molecule has 4 fully saturated rings. The highest BCUT2D eigenvalue weighted by Gasteiger charge is 2.65. The first-order valence-electron chi connectivity index (χ1n) is 14.1. The van der Waals surface area contributed by atoms with E-state index in [0.29, 0.717) is 12.3 Å². The SMILES string of the molecule is C[C@H](CCC(=O)OCC(F)(F)C(F)(F)S(=O)(=O)[O-])[C@H]1CC[C@H]2[C@@H]3[C@H](O)C[C@@H]4CCCC[C@]4(C)[C@H]3C[C@H](O)[C@]12C. The quantitative estimate of drug-likeness (QED) is 0.240. The van der Waals surface area contributed by atoms with E-state index in [4.69, 9.17) is 0 Å². The summed E-state index contributed by atoms with van der Waals surface area (Å²) in [6, 6.07) is 0. The number of hydrogen-bond acceptors (Lipinski definition) is 7. The number of carbonyl (C=O) groups is 1. The third-order valence-corrected chi connectivity index (χ3v) is 12.4. The molecule has 0 aromatic heterocycles. The summed E-state index contributed by atoms with van der Waals surface area (Å²) >= 11 is 0. The fourth-order valence-electron chi connectivity index (χ4n) is 9.24. The molecule has 0 radical (unpaired) electrons. The molecule has 4 saturated carbocycles. The maximum atomic E-state index is 13.6. The predicted octanol–water partition coefficient (Wildman–Crippen LogP) is 4.71. The number of aliphatic hydroxyl groups excluding tert-OH is 2. The van der Waals surface area contributed by atoms with Gasteiger partial charge in [0.05, 0.1) is 12.2 Å². The monoisotopic (exact) mass is 585 g/mol. The van der Waals surface area contributed by atoms with Gasteiger partial charge < -0.3 is 19.5 Å². The molecule has 0 aromatic carbocycles. The van der Waals surface area contributed by atoms with Crippen molar-refractivity contribution in [2.45, 2.75) is 108 Å². The van der Waals surface area contributed by atoms with Crippen LogP contribution in [0.15, 0.2) is 0 Å². The van der Waals surface area contributed by atoms with Crippen LogP contribution in [-0.4, -0.2) is 59.1 Å². The number of ether oxygens (including phenoxy) is 1. The molecule has 0 spiro atoms. The Labute approximate surface area is 227 Å². The van der Waals surface area contributed by atoms with Crippen LogP contribution in [0.25, 0.3) is 0 Å². The Morgan fingerprint density at radius 3 is 2.38 bits per heavy atom. The lowest BCUT2D eigenvalue weighted by Crippen LogP contribution is -2.61. The van der Waals surface area contributed by atoms with Crippen molar-refractivity contribution in [3.63, 3.8) is 0 Å². The molecular formula is C27H41F4O7S-. The third kappa shape index (κ3) is 5.03. The molecule has 12 heteroatoms. The van der Waals surface area contributed by atoms with Gasteiger partial charge in [-0.3, -0.25) is 4.79 Å². The average molecular weight is 586 g/mol. The minimum Gasteiger partial charge on any atom is -0.743 e. The van der Waals surface area contributed by atoms with Crippen LogP contribution < -0.4 is 0 Å². The molecular weight excluding hydrogens is 544 g/mol. The number of fused-ring (bicyclic) bond motifs is 5. The molecule has 0 unspecified atom stereocenters. The summed E-state index contributed by atoms with van der Waals surface area (Å²) in [4.78, 5) is 12.1. The van der Waals surface area contributed by atoms with Gasteiger partial charge in [0.15, 0.2) is 16.7 Å². The van der Waals surface area contributed by atoms with Crippen LogP contribution >= 0.6 is 0 Å². The maximum absolute atomic E-state index is 13.6. The Hall–Kier alpha value is -0.980. The zero-order chi connectivity index (χ0) is 29.2. The lowest BCUT2D eigenvalue weighted by molar-refractivity contribution is -0.201. The van der Waals surface area contributed by atoms with Crippen LogP contribution in [0.5, 0.6) is 0 Å². The van der Waals surface area contributed by atoms with E-state index in [9.17, 15) is 45.5 Å². The van der Waals surface area contributed by atoms with Gasteiger partial charge in [-0.05, 0) is 91.3 Å². The molecule has 4 aliphatic carbocycles.